The molecule has 0 atom stereocenters. The number of aliphatic hydroxyl groups is 1. The van der Waals surface area contributed by atoms with Gasteiger partial charge in [0.15, 0.2) is 5.65 Å². The number of nitrogens with one attached hydrogen (secondary N) is 1. The summed E-state index contributed by atoms with van der Waals surface area (Å²) >= 11 is 0. The summed E-state index contributed by atoms with van der Waals surface area (Å²) in [5.74, 6) is 1.73. The molecule has 2 N–H and O–H groups in total. The number of fused-ring (bicyclic) bond motifs is 1. The smallest absolute Gasteiger partial charge is 0.160 e. The van der Waals surface area contributed by atoms with Crippen LogP contribution >= 0.6 is 0 Å². The first-order chi connectivity index (χ1) is 13.7. The second-order valence-corrected chi connectivity index (χ2v) is 7.95. The van der Waals surface area contributed by atoms with E-state index in [9.17, 15) is 5.11 Å². The van der Waals surface area contributed by atoms with Crippen LogP contribution in [-0.2, 0) is 19.2 Å². The molecule has 3 aromatic heterocycles. The Balaban J connectivity index is 1.68. The van der Waals surface area contributed by atoms with Gasteiger partial charge in [0.05, 0.1) is 11.4 Å². The van der Waals surface area contributed by atoms with Crippen molar-refractivity contribution in [1.29, 1.82) is 0 Å². The minimum atomic E-state index is -1.04. The summed E-state index contributed by atoms with van der Waals surface area (Å²) in [6.07, 6.45) is 3.74. The van der Waals surface area contributed by atoms with Gasteiger partial charge in [-0.15, -0.1) is 0 Å². The molecule has 4 aromatic rings. The highest BCUT2D eigenvalue weighted by Gasteiger charge is 2.22. The molecule has 4 rings (SSSR count). The number of aromatic nitrogens is 5. The normalized spacial score (nSPS) is 11.9. The molecule has 7 heteroatoms. The Hall–Kier alpha value is -3.19. The van der Waals surface area contributed by atoms with Crippen LogP contribution in [0.25, 0.3) is 17.0 Å². The molecule has 3 heterocycles. The van der Waals surface area contributed by atoms with E-state index in [4.69, 9.17) is 0 Å². The molecule has 1 aromatic carbocycles. The molecule has 29 heavy (non-hydrogen) atoms. The highest BCUT2D eigenvalue weighted by atomic mass is 16.3. The molecular weight excluding hydrogens is 364 g/mol. The van der Waals surface area contributed by atoms with Gasteiger partial charge >= 0.3 is 0 Å². The summed E-state index contributed by atoms with van der Waals surface area (Å²) in [5, 5.41) is 18.6. The summed E-state index contributed by atoms with van der Waals surface area (Å²) in [6.45, 7) is 8.06. The largest absolute Gasteiger partial charge is 0.384 e. The second-order valence-electron chi connectivity index (χ2n) is 7.95. The number of aryl methyl sites for hydroxylation is 3. The average Bonchev–Trinajstić information content (AvgIpc) is 3.23. The Bertz CT molecular complexity index is 1180. The number of hydrogen-bond donors (Lipinski definition) is 2. The monoisotopic (exact) mass is 390 g/mol. The summed E-state index contributed by atoms with van der Waals surface area (Å²) in [4.78, 5) is 9.07. The fourth-order valence-electron chi connectivity index (χ4n) is 3.33. The first-order valence-corrected chi connectivity index (χ1v) is 9.64. The van der Waals surface area contributed by atoms with E-state index in [1.165, 1.54) is 0 Å². The highest BCUT2D eigenvalue weighted by Crippen LogP contribution is 2.25. The van der Waals surface area contributed by atoms with E-state index >= 15 is 0 Å². The zero-order chi connectivity index (χ0) is 20.8. The predicted molar refractivity (Wildman–Crippen MR) is 114 cm³/mol. The minimum absolute atomic E-state index is 0.609. The fourth-order valence-corrected chi connectivity index (χ4v) is 3.33. The van der Waals surface area contributed by atoms with Crippen LogP contribution < -0.4 is 5.32 Å². The number of anilines is 1. The molecular formula is C22H26N6O. The Kier molecular flexibility index (Phi) is 4.62. The van der Waals surface area contributed by atoms with E-state index in [2.05, 4.69) is 38.6 Å². The zero-order valence-corrected chi connectivity index (χ0v) is 17.4. The summed E-state index contributed by atoms with van der Waals surface area (Å²) in [5.41, 5.74) is 4.45. The predicted octanol–water partition coefficient (Wildman–Crippen LogP) is 3.59. The van der Waals surface area contributed by atoms with Crippen LogP contribution in [0, 0.1) is 13.8 Å². The van der Waals surface area contributed by atoms with Crippen molar-refractivity contribution in [2.75, 3.05) is 5.32 Å². The van der Waals surface area contributed by atoms with Crippen LogP contribution in [-0.4, -0.2) is 29.3 Å². The van der Waals surface area contributed by atoms with Gasteiger partial charge in [-0.3, -0.25) is 0 Å². The Morgan fingerprint density at radius 2 is 1.97 bits per heavy atom. The van der Waals surface area contributed by atoms with Gasteiger partial charge < -0.3 is 15.0 Å². The van der Waals surface area contributed by atoms with E-state index in [1.807, 2.05) is 48.3 Å². The number of imidazole rings is 1. The maximum atomic E-state index is 10.5. The lowest BCUT2D eigenvalue weighted by atomic mass is 10.1. The molecule has 0 saturated carbocycles. The first-order valence-electron chi connectivity index (χ1n) is 9.64. The SMILES string of the molecule is Cc1nn2c(NCc3cccc(-c4nccn4C)c3)cc(C(C)(C)O)nc2c1C. The van der Waals surface area contributed by atoms with Crippen molar-refractivity contribution in [2.45, 2.75) is 39.8 Å². The fraction of sp³-hybridized carbons (Fsp3) is 0.318. The lowest BCUT2D eigenvalue weighted by Gasteiger charge is -2.19. The Morgan fingerprint density at radius 1 is 1.17 bits per heavy atom. The van der Waals surface area contributed by atoms with E-state index in [0.717, 1.165) is 39.7 Å². The van der Waals surface area contributed by atoms with Gasteiger partial charge in [0.2, 0.25) is 0 Å². The van der Waals surface area contributed by atoms with Crippen LogP contribution in [0.15, 0.2) is 42.7 Å². The maximum Gasteiger partial charge on any atom is 0.160 e. The average molecular weight is 390 g/mol. The van der Waals surface area contributed by atoms with Crippen LogP contribution in [0.2, 0.25) is 0 Å². The van der Waals surface area contributed by atoms with Crippen molar-refractivity contribution in [2.24, 2.45) is 7.05 Å². The lowest BCUT2D eigenvalue weighted by Crippen LogP contribution is -2.19. The molecule has 7 nitrogen and oxygen atoms in total. The molecule has 0 spiro atoms. The number of rotatable bonds is 5. The summed E-state index contributed by atoms with van der Waals surface area (Å²) in [6, 6.07) is 10.2. The molecule has 0 radical (unpaired) electrons. The third-order valence-corrected chi connectivity index (χ3v) is 5.16. The third-order valence-electron chi connectivity index (χ3n) is 5.16. The van der Waals surface area contributed by atoms with Gasteiger partial charge in [-0.2, -0.15) is 9.61 Å². The van der Waals surface area contributed by atoms with Crippen LogP contribution in [0.1, 0.15) is 36.4 Å². The van der Waals surface area contributed by atoms with Gasteiger partial charge in [0.1, 0.15) is 17.2 Å². The summed E-state index contributed by atoms with van der Waals surface area (Å²) < 4.78 is 3.81. The van der Waals surface area contributed by atoms with Crippen molar-refractivity contribution in [3.63, 3.8) is 0 Å². The Labute approximate surface area is 170 Å². The second kappa shape index (κ2) is 7.00. The molecule has 0 aliphatic rings. The van der Waals surface area contributed by atoms with Gasteiger partial charge in [-0.1, -0.05) is 18.2 Å². The minimum Gasteiger partial charge on any atom is -0.384 e. The lowest BCUT2D eigenvalue weighted by molar-refractivity contribution is 0.0740. The quantitative estimate of drug-likeness (QED) is 0.544. The van der Waals surface area contributed by atoms with E-state index in [1.54, 1.807) is 20.0 Å². The van der Waals surface area contributed by atoms with Crippen molar-refractivity contribution < 1.29 is 5.11 Å². The number of nitrogens with zero attached hydrogens (tertiary/aromatic N) is 5. The molecule has 150 valence electrons. The molecule has 0 aliphatic carbocycles. The molecule has 0 bridgehead atoms. The third kappa shape index (κ3) is 3.61. The first kappa shape index (κ1) is 19.1. The molecule has 0 unspecified atom stereocenters. The van der Waals surface area contributed by atoms with E-state index in [-0.39, 0.29) is 0 Å². The Morgan fingerprint density at radius 3 is 2.66 bits per heavy atom. The highest BCUT2D eigenvalue weighted by molar-refractivity contribution is 5.58. The van der Waals surface area contributed by atoms with Gasteiger partial charge in [0, 0.05) is 43.2 Å². The molecule has 0 fully saturated rings. The van der Waals surface area contributed by atoms with Crippen LogP contribution in [0.5, 0.6) is 0 Å². The van der Waals surface area contributed by atoms with Crippen molar-refractivity contribution >= 4 is 11.5 Å². The number of benzene rings is 1. The van der Waals surface area contributed by atoms with Crippen molar-refractivity contribution in [1.82, 2.24) is 24.1 Å². The topological polar surface area (TPSA) is 80.3 Å². The maximum absolute atomic E-state index is 10.5. The van der Waals surface area contributed by atoms with Gasteiger partial charge in [0.25, 0.3) is 0 Å². The standard InChI is InChI=1S/C22H26N6O/c1-14-15(2)26-28-19(12-18(22(3,4)29)25-20(14)28)24-13-16-7-6-8-17(11-16)21-23-9-10-27(21)5/h6-12,24,29H,13H2,1-5H3. The molecule has 0 aliphatic heterocycles. The molecule has 0 amide bonds. The van der Waals surface area contributed by atoms with E-state index in [0.29, 0.717) is 12.2 Å². The van der Waals surface area contributed by atoms with Crippen molar-refractivity contribution in [3.05, 3.63) is 65.2 Å². The number of hydrogen-bond acceptors (Lipinski definition) is 5. The van der Waals surface area contributed by atoms with Crippen LogP contribution in [0.4, 0.5) is 5.82 Å². The van der Waals surface area contributed by atoms with Crippen molar-refractivity contribution in [3.8, 4) is 11.4 Å². The summed E-state index contributed by atoms with van der Waals surface area (Å²) in [7, 11) is 1.99. The van der Waals surface area contributed by atoms with Gasteiger partial charge in [-0.05, 0) is 39.3 Å². The molecule has 0 saturated heterocycles. The van der Waals surface area contributed by atoms with E-state index < -0.39 is 5.60 Å². The van der Waals surface area contributed by atoms with Crippen LogP contribution in [0.3, 0.4) is 0 Å². The van der Waals surface area contributed by atoms with Gasteiger partial charge in [-0.25, -0.2) is 9.97 Å². The zero-order valence-electron chi connectivity index (χ0n) is 17.4.